The van der Waals surface area contributed by atoms with E-state index in [0.29, 0.717) is 6.54 Å². The number of nitrogens with zero attached hydrogens (tertiary/aromatic N) is 1. The van der Waals surface area contributed by atoms with Crippen LogP contribution in [0, 0.1) is 5.41 Å². The number of anilines is 1. The summed E-state index contributed by atoms with van der Waals surface area (Å²) in [5.41, 5.74) is 0.499. The average molecular weight is 264 g/mol. The van der Waals surface area contributed by atoms with Gasteiger partial charge in [0.15, 0.2) is 0 Å². The highest BCUT2D eigenvalue weighted by atomic mass is 16.4. The van der Waals surface area contributed by atoms with Gasteiger partial charge in [0.05, 0.1) is 5.41 Å². The predicted molar refractivity (Wildman–Crippen MR) is 78.6 cm³/mol. The molecule has 4 nitrogen and oxygen atoms in total. The van der Waals surface area contributed by atoms with Gasteiger partial charge in [-0.05, 0) is 38.9 Å². The second-order valence-corrected chi connectivity index (χ2v) is 5.48. The van der Waals surface area contributed by atoms with Crippen molar-refractivity contribution in [3.05, 3.63) is 30.3 Å². The molecule has 4 heteroatoms. The molecule has 0 aromatic heterocycles. The van der Waals surface area contributed by atoms with Gasteiger partial charge in [-0.25, -0.2) is 0 Å². The Labute approximate surface area is 115 Å². The van der Waals surface area contributed by atoms with Crippen LogP contribution in [0.3, 0.4) is 0 Å². The zero-order valence-corrected chi connectivity index (χ0v) is 12.0. The SMILES string of the molecule is CN(CCCNCC(C)(C)C(=O)O)c1ccccc1. The van der Waals surface area contributed by atoms with Gasteiger partial charge >= 0.3 is 5.97 Å². The summed E-state index contributed by atoms with van der Waals surface area (Å²) in [7, 11) is 2.07. The van der Waals surface area contributed by atoms with E-state index in [4.69, 9.17) is 5.11 Å². The highest BCUT2D eigenvalue weighted by Crippen LogP contribution is 2.13. The number of carbonyl (C=O) groups is 1. The predicted octanol–water partition coefficient (Wildman–Crippen LogP) is 2.21. The van der Waals surface area contributed by atoms with Gasteiger partial charge in [0.2, 0.25) is 0 Å². The fourth-order valence-corrected chi connectivity index (χ4v) is 1.73. The molecule has 0 aliphatic rings. The van der Waals surface area contributed by atoms with Crippen molar-refractivity contribution in [2.24, 2.45) is 5.41 Å². The third-order valence-corrected chi connectivity index (χ3v) is 3.19. The molecule has 0 bridgehead atoms. The largest absolute Gasteiger partial charge is 0.481 e. The monoisotopic (exact) mass is 264 g/mol. The molecule has 0 unspecified atom stereocenters. The maximum Gasteiger partial charge on any atom is 0.310 e. The van der Waals surface area contributed by atoms with Crippen LogP contribution in [0.1, 0.15) is 20.3 Å². The van der Waals surface area contributed by atoms with Gasteiger partial charge < -0.3 is 15.3 Å². The van der Waals surface area contributed by atoms with Crippen LogP contribution in [0.25, 0.3) is 0 Å². The van der Waals surface area contributed by atoms with E-state index < -0.39 is 11.4 Å². The van der Waals surface area contributed by atoms with Crippen LogP contribution >= 0.6 is 0 Å². The first-order chi connectivity index (χ1) is 8.93. The Morgan fingerprint density at radius 3 is 2.53 bits per heavy atom. The van der Waals surface area contributed by atoms with Crippen molar-refractivity contribution in [1.29, 1.82) is 0 Å². The van der Waals surface area contributed by atoms with Crippen molar-refractivity contribution in [1.82, 2.24) is 5.32 Å². The molecule has 1 rings (SSSR count). The summed E-state index contributed by atoms with van der Waals surface area (Å²) >= 11 is 0. The summed E-state index contributed by atoms with van der Waals surface area (Å²) in [6.45, 7) is 5.74. The quantitative estimate of drug-likeness (QED) is 0.707. The number of para-hydroxylation sites is 1. The first kappa shape index (κ1) is 15.5. The highest BCUT2D eigenvalue weighted by Gasteiger charge is 2.26. The first-order valence-electron chi connectivity index (χ1n) is 6.64. The molecule has 0 radical (unpaired) electrons. The van der Waals surface area contributed by atoms with Gasteiger partial charge in [0.25, 0.3) is 0 Å². The van der Waals surface area contributed by atoms with Crippen LogP contribution in [-0.4, -0.2) is 37.8 Å². The number of hydrogen-bond donors (Lipinski definition) is 2. The third kappa shape index (κ3) is 5.30. The second kappa shape index (κ2) is 7.14. The second-order valence-electron chi connectivity index (χ2n) is 5.48. The molecular weight excluding hydrogens is 240 g/mol. The highest BCUT2D eigenvalue weighted by molar-refractivity contribution is 5.73. The minimum Gasteiger partial charge on any atom is -0.481 e. The van der Waals surface area contributed by atoms with E-state index in [1.54, 1.807) is 13.8 Å². The lowest BCUT2D eigenvalue weighted by molar-refractivity contribution is -0.146. The third-order valence-electron chi connectivity index (χ3n) is 3.19. The topological polar surface area (TPSA) is 52.6 Å². The summed E-state index contributed by atoms with van der Waals surface area (Å²) in [6.07, 6.45) is 0.987. The molecule has 0 aliphatic carbocycles. The van der Waals surface area contributed by atoms with E-state index in [2.05, 4.69) is 29.4 Å². The van der Waals surface area contributed by atoms with Crippen LogP contribution in [0.2, 0.25) is 0 Å². The Morgan fingerprint density at radius 1 is 1.32 bits per heavy atom. The Kier molecular flexibility index (Phi) is 5.83. The Balaban J connectivity index is 2.20. The number of carboxylic acids is 1. The van der Waals surface area contributed by atoms with Crippen molar-refractivity contribution < 1.29 is 9.90 Å². The molecule has 0 saturated heterocycles. The van der Waals surface area contributed by atoms with Crippen molar-refractivity contribution in [2.75, 3.05) is 31.6 Å². The summed E-state index contributed by atoms with van der Waals surface area (Å²) in [5, 5.41) is 12.2. The number of rotatable bonds is 8. The molecule has 1 aromatic rings. The normalized spacial score (nSPS) is 11.3. The lowest BCUT2D eigenvalue weighted by atomic mass is 9.94. The van der Waals surface area contributed by atoms with Crippen LogP contribution in [0.15, 0.2) is 30.3 Å². The van der Waals surface area contributed by atoms with Crippen molar-refractivity contribution in [3.8, 4) is 0 Å². The molecule has 1 aromatic carbocycles. The van der Waals surface area contributed by atoms with E-state index in [-0.39, 0.29) is 0 Å². The maximum absolute atomic E-state index is 10.9. The zero-order chi connectivity index (χ0) is 14.3. The molecule has 0 fully saturated rings. The van der Waals surface area contributed by atoms with Crippen LogP contribution < -0.4 is 10.2 Å². The first-order valence-corrected chi connectivity index (χ1v) is 6.64. The van der Waals surface area contributed by atoms with Crippen LogP contribution in [-0.2, 0) is 4.79 Å². The number of hydrogen-bond acceptors (Lipinski definition) is 3. The van der Waals surface area contributed by atoms with Gasteiger partial charge in [-0.3, -0.25) is 4.79 Å². The molecule has 0 amide bonds. The summed E-state index contributed by atoms with van der Waals surface area (Å²) in [5.74, 6) is -0.763. The van der Waals surface area contributed by atoms with Crippen molar-refractivity contribution in [2.45, 2.75) is 20.3 Å². The number of nitrogens with one attached hydrogen (secondary N) is 1. The molecule has 0 spiro atoms. The summed E-state index contributed by atoms with van der Waals surface area (Å²) < 4.78 is 0. The van der Waals surface area contributed by atoms with E-state index in [0.717, 1.165) is 19.5 Å². The molecule has 2 N–H and O–H groups in total. The minimum atomic E-state index is -0.763. The fourth-order valence-electron chi connectivity index (χ4n) is 1.73. The molecule has 0 saturated carbocycles. The van der Waals surface area contributed by atoms with Gasteiger partial charge in [-0.2, -0.15) is 0 Å². The van der Waals surface area contributed by atoms with Gasteiger partial charge in [-0.15, -0.1) is 0 Å². The molecule has 0 aliphatic heterocycles. The van der Waals surface area contributed by atoms with E-state index in [1.165, 1.54) is 5.69 Å². The maximum atomic E-state index is 10.9. The van der Waals surface area contributed by atoms with E-state index in [9.17, 15) is 4.79 Å². The number of carboxylic acid groups (broad SMARTS) is 1. The minimum absolute atomic E-state index is 0.497. The van der Waals surface area contributed by atoms with Crippen molar-refractivity contribution in [3.63, 3.8) is 0 Å². The number of aliphatic carboxylic acids is 1. The lowest BCUT2D eigenvalue weighted by Gasteiger charge is -2.21. The zero-order valence-electron chi connectivity index (χ0n) is 12.0. The summed E-state index contributed by atoms with van der Waals surface area (Å²) in [6, 6.07) is 10.2. The van der Waals surface area contributed by atoms with Crippen molar-refractivity contribution >= 4 is 11.7 Å². The summed E-state index contributed by atoms with van der Waals surface area (Å²) in [4.78, 5) is 13.1. The van der Waals surface area contributed by atoms with Gasteiger partial charge in [-0.1, -0.05) is 18.2 Å². The average Bonchev–Trinajstić information content (AvgIpc) is 2.38. The standard InChI is InChI=1S/C15H24N2O2/c1-15(2,14(18)19)12-16-10-7-11-17(3)13-8-5-4-6-9-13/h4-6,8-9,16H,7,10-12H2,1-3H3,(H,18,19). The van der Waals surface area contributed by atoms with E-state index in [1.807, 2.05) is 18.2 Å². The van der Waals surface area contributed by atoms with E-state index >= 15 is 0 Å². The molecule has 19 heavy (non-hydrogen) atoms. The lowest BCUT2D eigenvalue weighted by Crippen LogP contribution is -2.37. The molecule has 0 atom stereocenters. The smallest absolute Gasteiger partial charge is 0.310 e. The van der Waals surface area contributed by atoms with Gasteiger partial charge in [0.1, 0.15) is 0 Å². The van der Waals surface area contributed by atoms with Crippen LogP contribution in [0.4, 0.5) is 5.69 Å². The van der Waals surface area contributed by atoms with Gasteiger partial charge in [0, 0.05) is 25.8 Å². The van der Waals surface area contributed by atoms with Crippen LogP contribution in [0.5, 0.6) is 0 Å². The Hall–Kier alpha value is -1.55. The number of benzene rings is 1. The Bertz CT molecular complexity index is 390. The molecule has 0 heterocycles. The fraction of sp³-hybridized carbons (Fsp3) is 0.533. The molecular formula is C15H24N2O2. The Morgan fingerprint density at radius 2 is 1.95 bits per heavy atom. The molecule has 106 valence electrons.